The molecule has 2 aromatic rings. The quantitative estimate of drug-likeness (QED) is 0.802. The Bertz CT molecular complexity index is 722. The molecule has 0 bridgehead atoms. The Labute approximate surface area is 162 Å². The number of anilines is 1. The number of nitrogen functional groups attached to an aromatic ring is 1. The van der Waals surface area contributed by atoms with Crippen LogP contribution in [0.15, 0.2) is 18.3 Å². The lowest BCUT2D eigenvalue weighted by atomic mass is 10.2. The number of carbonyl (C=O) groups excluding carboxylic acids is 1. The third-order valence-corrected chi connectivity index (χ3v) is 3.73. The van der Waals surface area contributed by atoms with E-state index in [0.29, 0.717) is 5.82 Å². The van der Waals surface area contributed by atoms with Gasteiger partial charge in [0.25, 0.3) is 0 Å². The van der Waals surface area contributed by atoms with Crippen molar-refractivity contribution in [1.29, 1.82) is 0 Å². The van der Waals surface area contributed by atoms with Gasteiger partial charge in [-0.25, -0.2) is 4.79 Å². The van der Waals surface area contributed by atoms with Crippen LogP contribution in [0.1, 0.15) is 60.1 Å². The first-order valence-electron chi connectivity index (χ1n) is 9.65. The van der Waals surface area contributed by atoms with E-state index in [0.717, 1.165) is 48.9 Å². The van der Waals surface area contributed by atoms with Gasteiger partial charge in [-0.3, -0.25) is 4.98 Å². The maximum absolute atomic E-state index is 11.4. The van der Waals surface area contributed by atoms with Crippen molar-refractivity contribution in [3.63, 3.8) is 0 Å². The first-order chi connectivity index (χ1) is 12.8. The SMILES string of the molecule is CC.CC(C)(C)OC(=O)N1CCCC1.CCc1nnc(N)c2ncccc12. The van der Waals surface area contributed by atoms with Gasteiger partial charge in [0, 0.05) is 24.7 Å². The average molecular weight is 376 g/mol. The average Bonchev–Trinajstić information content (AvgIpc) is 3.18. The summed E-state index contributed by atoms with van der Waals surface area (Å²) in [5, 5.41) is 8.85. The zero-order valence-electron chi connectivity index (χ0n) is 17.5. The van der Waals surface area contributed by atoms with Crippen LogP contribution in [-0.4, -0.2) is 44.9 Å². The fourth-order valence-corrected chi connectivity index (χ4v) is 2.55. The van der Waals surface area contributed by atoms with Crippen molar-refractivity contribution in [2.45, 2.75) is 66.4 Å². The molecule has 0 saturated carbocycles. The molecule has 0 radical (unpaired) electrons. The minimum Gasteiger partial charge on any atom is -0.444 e. The highest BCUT2D eigenvalue weighted by molar-refractivity contribution is 5.88. The Morgan fingerprint density at radius 2 is 1.85 bits per heavy atom. The highest BCUT2D eigenvalue weighted by Crippen LogP contribution is 2.18. The van der Waals surface area contributed by atoms with Gasteiger partial charge in [0.1, 0.15) is 11.1 Å². The Kier molecular flexibility index (Phi) is 8.91. The number of amides is 1. The highest BCUT2D eigenvalue weighted by atomic mass is 16.6. The number of carbonyl (C=O) groups is 1. The van der Waals surface area contributed by atoms with Crippen molar-refractivity contribution >= 4 is 22.8 Å². The van der Waals surface area contributed by atoms with Crippen LogP contribution in [0.4, 0.5) is 10.6 Å². The molecular formula is C20H33N5O2. The second-order valence-electron chi connectivity index (χ2n) is 6.96. The molecule has 0 aliphatic carbocycles. The molecular weight excluding hydrogens is 342 g/mol. The van der Waals surface area contributed by atoms with Gasteiger partial charge in [0.2, 0.25) is 0 Å². The summed E-state index contributed by atoms with van der Waals surface area (Å²) < 4.78 is 5.21. The summed E-state index contributed by atoms with van der Waals surface area (Å²) in [6, 6.07) is 3.84. The summed E-state index contributed by atoms with van der Waals surface area (Å²) in [6.45, 7) is 13.4. The standard InChI is InChI=1S/C9H10N4.C9H17NO2.C2H6/c1-2-7-6-4-3-5-11-8(6)9(10)13-12-7;1-9(2,3)12-8(11)10-6-4-5-7-10;1-2/h3-5H,2H2,1H3,(H2,10,13);4-7H2,1-3H3;1-2H3. The topological polar surface area (TPSA) is 94.2 Å². The van der Waals surface area contributed by atoms with Gasteiger partial charge < -0.3 is 15.4 Å². The minimum absolute atomic E-state index is 0.167. The first kappa shape index (κ1) is 22.6. The Morgan fingerprint density at radius 1 is 1.22 bits per heavy atom. The van der Waals surface area contributed by atoms with Crippen molar-refractivity contribution in [1.82, 2.24) is 20.1 Å². The van der Waals surface area contributed by atoms with Crippen LogP contribution in [-0.2, 0) is 11.2 Å². The third-order valence-electron chi connectivity index (χ3n) is 3.73. The lowest BCUT2D eigenvalue weighted by Gasteiger charge is -2.23. The maximum atomic E-state index is 11.4. The zero-order valence-corrected chi connectivity index (χ0v) is 17.5. The van der Waals surface area contributed by atoms with Gasteiger partial charge in [-0.2, -0.15) is 5.10 Å². The molecule has 2 aromatic heterocycles. The number of nitrogens with two attached hydrogens (primary N) is 1. The van der Waals surface area contributed by atoms with Crippen LogP contribution in [0.3, 0.4) is 0 Å². The number of ether oxygens (including phenoxy) is 1. The van der Waals surface area contributed by atoms with E-state index in [2.05, 4.69) is 15.2 Å². The third kappa shape index (κ3) is 7.00. The van der Waals surface area contributed by atoms with Gasteiger partial charge in [-0.1, -0.05) is 20.8 Å². The van der Waals surface area contributed by atoms with Crippen LogP contribution < -0.4 is 5.73 Å². The molecule has 3 rings (SSSR count). The molecule has 0 spiro atoms. The number of hydrogen-bond acceptors (Lipinski definition) is 6. The monoisotopic (exact) mass is 375 g/mol. The number of fused-ring (bicyclic) bond motifs is 1. The van der Waals surface area contributed by atoms with Crippen molar-refractivity contribution in [2.24, 2.45) is 0 Å². The van der Waals surface area contributed by atoms with Gasteiger partial charge in [-0.15, -0.1) is 5.10 Å². The molecule has 7 heteroatoms. The summed E-state index contributed by atoms with van der Waals surface area (Å²) >= 11 is 0. The molecule has 2 N–H and O–H groups in total. The predicted octanol–water partition coefficient (Wildman–Crippen LogP) is 4.21. The zero-order chi connectivity index (χ0) is 20.4. The van der Waals surface area contributed by atoms with E-state index in [4.69, 9.17) is 10.5 Å². The van der Waals surface area contributed by atoms with E-state index in [1.807, 2.05) is 53.7 Å². The van der Waals surface area contributed by atoms with Crippen molar-refractivity contribution in [3.8, 4) is 0 Å². The van der Waals surface area contributed by atoms with Gasteiger partial charge in [0.15, 0.2) is 5.82 Å². The molecule has 1 fully saturated rings. The number of pyridine rings is 1. The van der Waals surface area contributed by atoms with Gasteiger partial charge in [-0.05, 0) is 52.2 Å². The largest absolute Gasteiger partial charge is 0.444 e. The summed E-state index contributed by atoms with van der Waals surface area (Å²) in [4.78, 5) is 17.3. The molecule has 7 nitrogen and oxygen atoms in total. The molecule has 3 heterocycles. The smallest absolute Gasteiger partial charge is 0.410 e. The first-order valence-corrected chi connectivity index (χ1v) is 9.65. The highest BCUT2D eigenvalue weighted by Gasteiger charge is 2.23. The normalized spacial score (nSPS) is 13.3. The van der Waals surface area contributed by atoms with Crippen LogP contribution >= 0.6 is 0 Å². The van der Waals surface area contributed by atoms with Crippen molar-refractivity contribution < 1.29 is 9.53 Å². The fraction of sp³-hybridized carbons (Fsp3) is 0.600. The van der Waals surface area contributed by atoms with E-state index in [1.54, 1.807) is 11.1 Å². The van der Waals surface area contributed by atoms with E-state index in [1.165, 1.54) is 0 Å². The summed E-state index contributed by atoms with van der Waals surface area (Å²) in [5.41, 5.74) is 6.97. The Morgan fingerprint density at radius 3 is 2.41 bits per heavy atom. The Hall–Kier alpha value is -2.44. The van der Waals surface area contributed by atoms with Crippen molar-refractivity contribution in [3.05, 3.63) is 24.0 Å². The minimum atomic E-state index is -0.361. The summed E-state index contributed by atoms with van der Waals surface area (Å²) in [7, 11) is 0. The van der Waals surface area contributed by atoms with Crippen molar-refractivity contribution in [2.75, 3.05) is 18.8 Å². The number of likely N-dealkylation sites (tertiary alicyclic amines) is 1. The second-order valence-corrected chi connectivity index (χ2v) is 6.96. The van der Waals surface area contributed by atoms with Gasteiger partial charge >= 0.3 is 6.09 Å². The number of rotatable bonds is 1. The molecule has 1 amide bonds. The summed E-state index contributed by atoms with van der Waals surface area (Å²) in [5.74, 6) is 0.396. The van der Waals surface area contributed by atoms with Crippen LogP contribution in [0.5, 0.6) is 0 Å². The molecule has 1 saturated heterocycles. The van der Waals surface area contributed by atoms with E-state index >= 15 is 0 Å². The Balaban J connectivity index is 0.000000248. The molecule has 0 unspecified atom stereocenters. The van der Waals surface area contributed by atoms with Crippen LogP contribution in [0.25, 0.3) is 10.9 Å². The van der Waals surface area contributed by atoms with E-state index < -0.39 is 0 Å². The fourth-order valence-electron chi connectivity index (χ4n) is 2.55. The number of aromatic nitrogens is 3. The molecule has 1 aliphatic heterocycles. The lowest BCUT2D eigenvalue weighted by Crippen LogP contribution is -2.34. The van der Waals surface area contributed by atoms with Crippen LogP contribution in [0, 0.1) is 0 Å². The number of aryl methyl sites for hydroxylation is 1. The number of nitrogens with zero attached hydrogens (tertiary/aromatic N) is 4. The maximum Gasteiger partial charge on any atom is 0.410 e. The van der Waals surface area contributed by atoms with Gasteiger partial charge in [0.05, 0.1) is 5.69 Å². The molecule has 150 valence electrons. The van der Waals surface area contributed by atoms with Crippen LogP contribution in [0.2, 0.25) is 0 Å². The second kappa shape index (κ2) is 10.6. The van der Waals surface area contributed by atoms with E-state index in [9.17, 15) is 4.79 Å². The van der Waals surface area contributed by atoms with E-state index in [-0.39, 0.29) is 11.7 Å². The number of hydrogen-bond donors (Lipinski definition) is 1. The lowest BCUT2D eigenvalue weighted by molar-refractivity contribution is 0.0295. The molecule has 0 aromatic carbocycles. The molecule has 27 heavy (non-hydrogen) atoms. The molecule has 0 atom stereocenters. The predicted molar refractivity (Wildman–Crippen MR) is 110 cm³/mol. The molecule has 1 aliphatic rings. The summed E-state index contributed by atoms with van der Waals surface area (Å²) in [6.07, 6.45) is 4.60.